The van der Waals surface area contributed by atoms with Crippen molar-refractivity contribution >= 4 is 5.91 Å². The minimum absolute atomic E-state index is 0.0175. The van der Waals surface area contributed by atoms with Crippen LogP contribution in [-0.2, 0) is 0 Å². The molecule has 0 unspecified atom stereocenters. The topological polar surface area (TPSA) is 55.3 Å². The maximum absolute atomic E-state index is 12.3. The number of aromatic nitrogens is 2. The minimum Gasteiger partial charge on any atom is -0.490 e. The van der Waals surface area contributed by atoms with Crippen molar-refractivity contribution in [1.82, 2.24) is 15.1 Å². The molecular weight excluding hydrogens is 278 g/mol. The molecule has 1 aliphatic rings. The fraction of sp³-hybridized carbons (Fsp3) is 0.353. The van der Waals surface area contributed by atoms with Gasteiger partial charge in [-0.1, -0.05) is 12.1 Å². The predicted octanol–water partition coefficient (Wildman–Crippen LogP) is 2.47. The van der Waals surface area contributed by atoms with Gasteiger partial charge in [0.15, 0.2) is 0 Å². The molecule has 0 spiro atoms. The van der Waals surface area contributed by atoms with Crippen LogP contribution in [-0.4, -0.2) is 40.2 Å². The lowest BCUT2D eigenvalue weighted by Gasteiger charge is -2.32. The number of carbonyl (C=O) groups is 1. The molecule has 0 bridgehead atoms. The third-order valence-electron chi connectivity index (χ3n) is 3.85. The van der Waals surface area contributed by atoms with E-state index in [2.05, 4.69) is 23.2 Å². The fourth-order valence-corrected chi connectivity index (χ4v) is 2.66. The van der Waals surface area contributed by atoms with Crippen LogP contribution in [0.4, 0.5) is 0 Å². The van der Waals surface area contributed by atoms with Gasteiger partial charge in [-0.3, -0.25) is 4.79 Å². The van der Waals surface area contributed by atoms with E-state index in [0.29, 0.717) is 18.7 Å². The molecule has 0 aliphatic carbocycles. The summed E-state index contributed by atoms with van der Waals surface area (Å²) >= 11 is 0. The first kappa shape index (κ1) is 14.5. The van der Waals surface area contributed by atoms with Crippen LogP contribution in [0.5, 0.6) is 5.75 Å². The molecule has 1 aliphatic heterocycles. The summed E-state index contributed by atoms with van der Waals surface area (Å²) < 4.78 is 6.01. The summed E-state index contributed by atoms with van der Waals surface area (Å²) in [7, 11) is 0. The summed E-state index contributed by atoms with van der Waals surface area (Å²) in [5.74, 6) is 0.923. The molecular formula is C17H19N3O2. The molecule has 1 aromatic carbocycles. The largest absolute Gasteiger partial charge is 0.490 e. The van der Waals surface area contributed by atoms with Crippen LogP contribution >= 0.6 is 0 Å². The molecule has 1 amide bonds. The Morgan fingerprint density at radius 2 is 2.05 bits per heavy atom. The standard InChI is InChI=1S/C17H19N3O2/c1-13-3-2-4-16(11-13)22-15-6-9-20(10-7-15)17(21)14-5-8-18-19-12-14/h2-5,8,11-12,15H,6-7,9-10H2,1H3. The Labute approximate surface area is 129 Å². The highest BCUT2D eigenvalue weighted by Gasteiger charge is 2.24. The molecule has 22 heavy (non-hydrogen) atoms. The Morgan fingerprint density at radius 3 is 2.73 bits per heavy atom. The lowest BCUT2D eigenvalue weighted by Crippen LogP contribution is -2.41. The highest BCUT2D eigenvalue weighted by atomic mass is 16.5. The van der Waals surface area contributed by atoms with E-state index in [4.69, 9.17) is 4.74 Å². The number of ether oxygens (including phenoxy) is 1. The summed E-state index contributed by atoms with van der Waals surface area (Å²) in [5, 5.41) is 7.46. The number of likely N-dealkylation sites (tertiary alicyclic amines) is 1. The molecule has 0 N–H and O–H groups in total. The number of rotatable bonds is 3. The molecule has 0 atom stereocenters. The van der Waals surface area contributed by atoms with Gasteiger partial charge in [0.2, 0.25) is 0 Å². The SMILES string of the molecule is Cc1cccc(OC2CCN(C(=O)c3ccnnc3)CC2)c1. The third kappa shape index (κ3) is 3.42. The summed E-state index contributed by atoms with van der Waals surface area (Å²) in [6.45, 7) is 3.46. The molecule has 0 saturated carbocycles. The van der Waals surface area contributed by atoms with Crippen LogP contribution in [0, 0.1) is 6.92 Å². The van der Waals surface area contributed by atoms with Gasteiger partial charge in [-0.2, -0.15) is 10.2 Å². The maximum Gasteiger partial charge on any atom is 0.255 e. The lowest BCUT2D eigenvalue weighted by atomic mass is 10.1. The normalized spacial score (nSPS) is 15.6. The summed E-state index contributed by atoms with van der Waals surface area (Å²) in [6, 6.07) is 9.77. The van der Waals surface area contributed by atoms with Gasteiger partial charge < -0.3 is 9.64 Å². The Morgan fingerprint density at radius 1 is 1.23 bits per heavy atom. The summed E-state index contributed by atoms with van der Waals surface area (Å²) in [5.41, 5.74) is 1.78. The van der Waals surface area contributed by atoms with Crippen molar-refractivity contribution in [3.63, 3.8) is 0 Å². The van der Waals surface area contributed by atoms with Crippen molar-refractivity contribution in [2.45, 2.75) is 25.9 Å². The smallest absolute Gasteiger partial charge is 0.255 e. The number of aryl methyl sites for hydroxylation is 1. The molecule has 1 saturated heterocycles. The number of carbonyl (C=O) groups excluding carboxylic acids is 1. The van der Waals surface area contributed by atoms with E-state index in [1.165, 1.54) is 11.8 Å². The monoisotopic (exact) mass is 297 g/mol. The molecule has 0 radical (unpaired) electrons. The average Bonchev–Trinajstić information content (AvgIpc) is 2.56. The summed E-state index contributed by atoms with van der Waals surface area (Å²) in [4.78, 5) is 14.2. The quantitative estimate of drug-likeness (QED) is 0.873. The van der Waals surface area contributed by atoms with Crippen molar-refractivity contribution < 1.29 is 9.53 Å². The fourth-order valence-electron chi connectivity index (χ4n) is 2.66. The van der Waals surface area contributed by atoms with Gasteiger partial charge in [0.05, 0.1) is 18.0 Å². The van der Waals surface area contributed by atoms with E-state index in [1.807, 2.05) is 23.1 Å². The average molecular weight is 297 g/mol. The van der Waals surface area contributed by atoms with Gasteiger partial charge in [-0.15, -0.1) is 0 Å². The summed E-state index contributed by atoms with van der Waals surface area (Å²) in [6.07, 6.45) is 4.91. The van der Waals surface area contributed by atoms with Gasteiger partial charge in [-0.25, -0.2) is 0 Å². The van der Waals surface area contributed by atoms with Crippen LogP contribution in [0.25, 0.3) is 0 Å². The molecule has 1 fully saturated rings. The van der Waals surface area contributed by atoms with E-state index < -0.39 is 0 Å². The predicted molar refractivity (Wildman–Crippen MR) is 82.8 cm³/mol. The number of hydrogen-bond donors (Lipinski definition) is 0. The third-order valence-corrected chi connectivity index (χ3v) is 3.85. The molecule has 3 rings (SSSR count). The second kappa shape index (κ2) is 6.56. The van der Waals surface area contributed by atoms with E-state index >= 15 is 0 Å². The van der Waals surface area contributed by atoms with Crippen molar-refractivity contribution in [2.75, 3.05) is 13.1 Å². The van der Waals surface area contributed by atoms with Crippen LogP contribution in [0.3, 0.4) is 0 Å². The van der Waals surface area contributed by atoms with Crippen LogP contribution in [0.15, 0.2) is 42.7 Å². The van der Waals surface area contributed by atoms with Gasteiger partial charge >= 0.3 is 0 Å². The van der Waals surface area contributed by atoms with Crippen molar-refractivity contribution in [3.05, 3.63) is 53.9 Å². The van der Waals surface area contributed by atoms with Crippen LogP contribution in [0.2, 0.25) is 0 Å². The Bertz CT molecular complexity index is 637. The minimum atomic E-state index is 0.0175. The number of hydrogen-bond acceptors (Lipinski definition) is 4. The lowest BCUT2D eigenvalue weighted by molar-refractivity contribution is 0.0595. The van der Waals surface area contributed by atoms with Crippen molar-refractivity contribution in [1.29, 1.82) is 0 Å². The number of amides is 1. The van der Waals surface area contributed by atoms with Crippen LogP contribution < -0.4 is 4.74 Å². The number of piperidine rings is 1. The van der Waals surface area contributed by atoms with Gasteiger partial charge in [-0.05, 0) is 30.7 Å². The van der Waals surface area contributed by atoms with Gasteiger partial charge in [0, 0.05) is 25.9 Å². The number of nitrogens with zero attached hydrogens (tertiary/aromatic N) is 3. The Kier molecular flexibility index (Phi) is 4.32. The first-order valence-electron chi connectivity index (χ1n) is 7.51. The molecule has 2 heterocycles. The van der Waals surface area contributed by atoms with E-state index in [0.717, 1.165) is 18.6 Å². The first-order chi connectivity index (χ1) is 10.7. The highest BCUT2D eigenvalue weighted by Crippen LogP contribution is 2.20. The van der Waals surface area contributed by atoms with Crippen LogP contribution in [0.1, 0.15) is 28.8 Å². The Hall–Kier alpha value is -2.43. The maximum atomic E-state index is 12.3. The molecule has 2 aromatic rings. The zero-order valence-electron chi connectivity index (χ0n) is 12.6. The highest BCUT2D eigenvalue weighted by molar-refractivity contribution is 5.93. The van der Waals surface area contributed by atoms with Crippen molar-refractivity contribution in [2.24, 2.45) is 0 Å². The van der Waals surface area contributed by atoms with Gasteiger partial charge in [0.25, 0.3) is 5.91 Å². The zero-order valence-corrected chi connectivity index (χ0v) is 12.6. The molecule has 5 heteroatoms. The molecule has 114 valence electrons. The van der Waals surface area contributed by atoms with Crippen molar-refractivity contribution in [3.8, 4) is 5.75 Å². The van der Waals surface area contributed by atoms with E-state index in [9.17, 15) is 4.79 Å². The molecule has 1 aromatic heterocycles. The second-order valence-electron chi connectivity index (χ2n) is 5.56. The zero-order chi connectivity index (χ0) is 15.4. The first-order valence-corrected chi connectivity index (χ1v) is 7.51. The van der Waals surface area contributed by atoms with E-state index in [1.54, 1.807) is 12.3 Å². The second-order valence-corrected chi connectivity index (χ2v) is 5.56. The van der Waals surface area contributed by atoms with Gasteiger partial charge in [0.1, 0.15) is 11.9 Å². The number of benzene rings is 1. The Balaban J connectivity index is 1.55. The van der Waals surface area contributed by atoms with E-state index in [-0.39, 0.29) is 12.0 Å². The molecule has 5 nitrogen and oxygen atoms in total.